The molecule has 2 fully saturated rings. The first-order valence-corrected chi connectivity index (χ1v) is 12.0. The Morgan fingerprint density at radius 1 is 0.690 bits per heavy atom. The minimum atomic E-state index is 0.992. The number of halogens is 3. The molecule has 2 saturated heterocycles. The number of anilines is 1. The molecule has 4 rings (SSSR count). The molecule has 0 aliphatic carbocycles. The maximum atomic E-state index is 4.18. The van der Waals surface area contributed by atoms with E-state index in [0.717, 1.165) is 52.7 Å². The van der Waals surface area contributed by atoms with E-state index in [1.54, 1.807) is 12.4 Å². The maximum Gasteiger partial charge on any atom is 0.0564 e. The largest absolute Gasteiger partial charge is 0.368 e. The molecule has 0 bridgehead atoms. The number of rotatable bonds is 1. The van der Waals surface area contributed by atoms with Crippen LogP contribution in [0.4, 0.5) is 5.69 Å². The summed E-state index contributed by atoms with van der Waals surface area (Å²) < 4.78 is 3.03. The van der Waals surface area contributed by atoms with Crippen LogP contribution in [0.1, 0.15) is 0 Å². The van der Waals surface area contributed by atoms with Crippen LogP contribution in [0.3, 0.4) is 0 Å². The molecular weight excluding hydrogens is 564 g/mol. The van der Waals surface area contributed by atoms with Gasteiger partial charge in [0.15, 0.2) is 0 Å². The molecule has 0 saturated carbocycles. The maximum absolute atomic E-state index is 4.18. The van der Waals surface area contributed by atoms with Crippen molar-refractivity contribution < 1.29 is 0 Å². The topological polar surface area (TPSA) is 47.5 Å². The standard InChI is InChI=1S/C10H14BrN3.C5H3Br2N.C5H12N2/c1-13-2-4-14(5-3-13)10-6-9(11)7-12-8-10;6-4-1-5(7)3-8-2-4;1-7-4-2-6-3-5-7/h6-8H,2-5H2,1H3;1-3H;6H,2-5H2,1H3. The van der Waals surface area contributed by atoms with Crippen LogP contribution >= 0.6 is 47.8 Å². The fraction of sp³-hybridized carbons (Fsp3) is 0.500. The highest BCUT2D eigenvalue weighted by Crippen LogP contribution is 2.19. The zero-order valence-electron chi connectivity index (χ0n) is 17.0. The van der Waals surface area contributed by atoms with Gasteiger partial charge in [-0.1, -0.05) is 0 Å². The number of aromatic nitrogens is 2. The number of likely N-dealkylation sites (N-methyl/N-ethyl adjacent to an activating group) is 2. The van der Waals surface area contributed by atoms with Gasteiger partial charge >= 0.3 is 0 Å². The average Bonchev–Trinajstić information content (AvgIpc) is 2.70. The van der Waals surface area contributed by atoms with Crippen molar-refractivity contribution in [2.75, 3.05) is 71.4 Å². The Morgan fingerprint density at radius 2 is 1.17 bits per heavy atom. The summed E-state index contributed by atoms with van der Waals surface area (Å²) in [5.74, 6) is 0. The molecule has 160 valence electrons. The van der Waals surface area contributed by atoms with E-state index < -0.39 is 0 Å². The Balaban J connectivity index is 0.000000170. The van der Waals surface area contributed by atoms with E-state index in [1.807, 2.05) is 18.5 Å². The Hall–Kier alpha value is -0.580. The Kier molecular flexibility index (Phi) is 11.6. The first kappa shape index (κ1) is 24.7. The van der Waals surface area contributed by atoms with Crippen molar-refractivity contribution in [3.8, 4) is 0 Å². The van der Waals surface area contributed by atoms with E-state index in [4.69, 9.17) is 0 Å². The van der Waals surface area contributed by atoms with Crippen LogP contribution in [-0.2, 0) is 0 Å². The molecule has 6 nitrogen and oxygen atoms in total. The van der Waals surface area contributed by atoms with Crippen molar-refractivity contribution in [1.29, 1.82) is 0 Å². The lowest BCUT2D eigenvalue weighted by Crippen LogP contribution is -2.44. The smallest absolute Gasteiger partial charge is 0.0564 e. The van der Waals surface area contributed by atoms with Crippen LogP contribution in [0.25, 0.3) is 0 Å². The van der Waals surface area contributed by atoms with Gasteiger partial charge in [0.05, 0.1) is 11.9 Å². The number of nitrogens with zero attached hydrogens (tertiary/aromatic N) is 5. The summed E-state index contributed by atoms with van der Waals surface area (Å²) in [6.07, 6.45) is 7.23. The van der Waals surface area contributed by atoms with Gasteiger partial charge in [0.25, 0.3) is 0 Å². The predicted octanol–water partition coefficient (Wildman–Crippen LogP) is 3.72. The molecule has 0 amide bonds. The molecule has 0 unspecified atom stereocenters. The molecule has 9 heteroatoms. The Labute approximate surface area is 199 Å². The van der Waals surface area contributed by atoms with Gasteiger partial charge in [-0.25, -0.2) is 0 Å². The molecule has 2 aliphatic rings. The van der Waals surface area contributed by atoms with Gasteiger partial charge < -0.3 is 20.0 Å². The number of hydrogen-bond donors (Lipinski definition) is 1. The SMILES string of the molecule is Brc1cncc(Br)c1.CN1CCN(c2cncc(Br)c2)CC1.CN1CCNCC1. The second-order valence-corrected chi connectivity index (χ2v) is 9.77. The van der Waals surface area contributed by atoms with Crippen molar-refractivity contribution in [2.45, 2.75) is 0 Å². The first-order chi connectivity index (χ1) is 13.9. The number of hydrogen-bond acceptors (Lipinski definition) is 6. The number of nitrogens with one attached hydrogen (secondary N) is 1. The number of pyridine rings is 2. The van der Waals surface area contributed by atoms with E-state index >= 15 is 0 Å². The molecule has 29 heavy (non-hydrogen) atoms. The van der Waals surface area contributed by atoms with Crippen LogP contribution in [0, 0.1) is 0 Å². The third-order valence-corrected chi connectivity index (χ3v) is 5.87. The second-order valence-electron chi connectivity index (χ2n) is 7.03. The minimum absolute atomic E-state index is 0.992. The Bertz CT molecular complexity index is 702. The molecular formula is C20H29Br3N6. The summed E-state index contributed by atoms with van der Waals surface area (Å²) in [6, 6.07) is 4.06. The minimum Gasteiger partial charge on any atom is -0.368 e. The quantitative estimate of drug-likeness (QED) is 0.545. The molecule has 0 radical (unpaired) electrons. The highest BCUT2D eigenvalue weighted by atomic mass is 79.9. The van der Waals surface area contributed by atoms with Gasteiger partial charge in [-0.15, -0.1) is 0 Å². The second kappa shape index (κ2) is 13.7. The van der Waals surface area contributed by atoms with Crippen molar-refractivity contribution in [1.82, 2.24) is 25.1 Å². The molecule has 2 aliphatic heterocycles. The lowest BCUT2D eigenvalue weighted by Gasteiger charge is -2.33. The molecule has 0 atom stereocenters. The molecule has 0 spiro atoms. The van der Waals surface area contributed by atoms with E-state index in [9.17, 15) is 0 Å². The molecule has 2 aromatic rings. The zero-order valence-corrected chi connectivity index (χ0v) is 21.7. The van der Waals surface area contributed by atoms with Crippen molar-refractivity contribution in [3.05, 3.63) is 50.3 Å². The summed E-state index contributed by atoms with van der Waals surface area (Å²) in [5.41, 5.74) is 1.22. The zero-order chi connectivity index (χ0) is 21.1. The van der Waals surface area contributed by atoms with Crippen LogP contribution in [0.5, 0.6) is 0 Å². The molecule has 2 aromatic heterocycles. The van der Waals surface area contributed by atoms with Gasteiger partial charge in [0.1, 0.15) is 0 Å². The van der Waals surface area contributed by atoms with Gasteiger partial charge in [-0.05, 0) is 74.0 Å². The molecule has 4 heterocycles. The van der Waals surface area contributed by atoms with Crippen LogP contribution < -0.4 is 10.2 Å². The third-order valence-electron chi connectivity index (χ3n) is 4.57. The van der Waals surface area contributed by atoms with Gasteiger partial charge in [-0.3, -0.25) is 9.97 Å². The van der Waals surface area contributed by atoms with E-state index in [-0.39, 0.29) is 0 Å². The summed E-state index contributed by atoms with van der Waals surface area (Å²) >= 11 is 9.98. The van der Waals surface area contributed by atoms with Gasteiger partial charge in [-0.2, -0.15) is 0 Å². The lowest BCUT2D eigenvalue weighted by molar-refractivity contribution is 0.291. The fourth-order valence-corrected chi connectivity index (χ4v) is 4.19. The number of piperazine rings is 2. The van der Waals surface area contributed by atoms with E-state index in [2.05, 4.69) is 97.9 Å². The van der Waals surface area contributed by atoms with Gasteiger partial charge in [0.2, 0.25) is 0 Å². The monoisotopic (exact) mass is 590 g/mol. The van der Waals surface area contributed by atoms with E-state index in [1.165, 1.54) is 18.8 Å². The predicted molar refractivity (Wildman–Crippen MR) is 132 cm³/mol. The molecule has 0 aromatic carbocycles. The highest BCUT2D eigenvalue weighted by Gasteiger charge is 2.14. The summed E-state index contributed by atoms with van der Waals surface area (Å²) in [6.45, 7) is 9.19. The summed E-state index contributed by atoms with van der Waals surface area (Å²) in [7, 11) is 4.32. The van der Waals surface area contributed by atoms with Crippen molar-refractivity contribution in [2.24, 2.45) is 0 Å². The van der Waals surface area contributed by atoms with Crippen LogP contribution in [-0.4, -0.2) is 86.2 Å². The summed E-state index contributed by atoms with van der Waals surface area (Å²) in [4.78, 5) is 15.1. The fourth-order valence-electron chi connectivity index (χ4n) is 2.80. The first-order valence-electron chi connectivity index (χ1n) is 9.63. The van der Waals surface area contributed by atoms with Gasteiger partial charge in [0, 0.05) is 84.4 Å². The summed E-state index contributed by atoms with van der Waals surface area (Å²) in [5, 5.41) is 3.27. The van der Waals surface area contributed by atoms with Crippen molar-refractivity contribution in [3.63, 3.8) is 0 Å². The highest BCUT2D eigenvalue weighted by molar-refractivity contribution is 9.11. The lowest BCUT2D eigenvalue weighted by atomic mass is 10.3. The van der Waals surface area contributed by atoms with Crippen molar-refractivity contribution >= 4 is 53.5 Å². The normalized spacial score (nSPS) is 17.6. The van der Waals surface area contributed by atoms with Crippen LogP contribution in [0.2, 0.25) is 0 Å². The molecule has 1 N–H and O–H groups in total. The Morgan fingerprint density at radius 3 is 1.59 bits per heavy atom. The third kappa shape index (κ3) is 10.3. The van der Waals surface area contributed by atoms with Crippen LogP contribution in [0.15, 0.2) is 50.3 Å². The van der Waals surface area contributed by atoms with E-state index in [0.29, 0.717) is 0 Å². The average molecular weight is 593 g/mol.